The van der Waals surface area contributed by atoms with Crippen LogP contribution in [0.25, 0.3) is 0 Å². The van der Waals surface area contributed by atoms with E-state index in [1.807, 2.05) is 12.1 Å². The van der Waals surface area contributed by atoms with Crippen LogP contribution in [0.1, 0.15) is 24.8 Å². The average molecular weight is 283 g/mol. The minimum absolute atomic E-state index is 0.169. The predicted molar refractivity (Wildman–Crippen MR) is 79.7 cm³/mol. The van der Waals surface area contributed by atoms with Crippen molar-refractivity contribution in [2.24, 2.45) is 0 Å². The highest BCUT2D eigenvalue weighted by Crippen LogP contribution is 2.27. The maximum absolute atomic E-state index is 9.62. The molecule has 2 rings (SSSR count). The second-order valence-electron chi connectivity index (χ2n) is 5.58. The Morgan fingerprint density at radius 2 is 2.21 bits per heavy atom. The molecular weight excluding hydrogens is 260 g/mol. The zero-order chi connectivity index (χ0) is 13.8. The predicted octanol–water partition coefficient (Wildman–Crippen LogP) is 2.96. The van der Waals surface area contributed by atoms with Crippen LogP contribution < -0.4 is 0 Å². The Balaban J connectivity index is 1.93. The molecule has 1 N–H and O–H groups in total. The third-order valence-electron chi connectivity index (χ3n) is 3.94. The van der Waals surface area contributed by atoms with E-state index >= 15 is 0 Å². The van der Waals surface area contributed by atoms with Gasteiger partial charge in [0, 0.05) is 19.1 Å². The van der Waals surface area contributed by atoms with Crippen molar-refractivity contribution in [3.8, 4) is 5.75 Å². The van der Waals surface area contributed by atoms with Crippen LogP contribution in [0.5, 0.6) is 5.75 Å². The van der Waals surface area contributed by atoms with Crippen molar-refractivity contribution in [3.63, 3.8) is 0 Å². The number of nitrogens with zero attached hydrogens (tertiary/aromatic N) is 2. The minimum atomic E-state index is 0.169. The lowest BCUT2D eigenvalue weighted by atomic mass is 10.0. The van der Waals surface area contributed by atoms with Crippen molar-refractivity contribution in [1.82, 2.24) is 9.80 Å². The number of likely N-dealkylation sites (N-methyl/N-ethyl adjacent to an activating group) is 2. The van der Waals surface area contributed by atoms with E-state index in [9.17, 15) is 5.11 Å². The van der Waals surface area contributed by atoms with Crippen molar-refractivity contribution < 1.29 is 5.11 Å². The van der Waals surface area contributed by atoms with Gasteiger partial charge in [0.25, 0.3) is 0 Å². The fourth-order valence-corrected chi connectivity index (χ4v) is 2.96. The quantitative estimate of drug-likeness (QED) is 0.920. The van der Waals surface area contributed by atoms with Crippen LogP contribution >= 0.6 is 11.6 Å². The van der Waals surface area contributed by atoms with Crippen LogP contribution in [-0.4, -0.2) is 48.1 Å². The molecule has 1 atom stereocenters. The summed E-state index contributed by atoms with van der Waals surface area (Å²) in [6.07, 6.45) is 3.92. The molecule has 0 spiro atoms. The number of phenols is 1. The summed E-state index contributed by atoms with van der Waals surface area (Å²) in [7, 11) is 4.32. The zero-order valence-corrected chi connectivity index (χ0v) is 12.5. The molecule has 0 bridgehead atoms. The van der Waals surface area contributed by atoms with Gasteiger partial charge in [-0.3, -0.25) is 0 Å². The van der Waals surface area contributed by atoms with Gasteiger partial charge in [0.2, 0.25) is 0 Å². The third-order valence-corrected chi connectivity index (χ3v) is 4.38. The molecule has 1 aliphatic heterocycles. The molecule has 1 heterocycles. The Morgan fingerprint density at radius 3 is 2.95 bits per heavy atom. The van der Waals surface area contributed by atoms with Crippen LogP contribution in [0.2, 0.25) is 5.02 Å². The molecule has 1 aliphatic rings. The lowest BCUT2D eigenvalue weighted by Crippen LogP contribution is -2.43. The van der Waals surface area contributed by atoms with E-state index in [1.54, 1.807) is 6.07 Å². The van der Waals surface area contributed by atoms with Crippen molar-refractivity contribution in [2.45, 2.75) is 31.8 Å². The van der Waals surface area contributed by atoms with E-state index in [4.69, 9.17) is 11.6 Å². The molecule has 3 nitrogen and oxygen atoms in total. The van der Waals surface area contributed by atoms with E-state index in [2.05, 4.69) is 23.9 Å². The first-order chi connectivity index (χ1) is 9.08. The number of halogens is 1. The van der Waals surface area contributed by atoms with Crippen LogP contribution in [0.15, 0.2) is 18.2 Å². The molecule has 0 saturated carbocycles. The van der Waals surface area contributed by atoms with E-state index in [1.165, 1.54) is 25.8 Å². The Morgan fingerprint density at radius 1 is 1.42 bits per heavy atom. The summed E-state index contributed by atoms with van der Waals surface area (Å²) in [6.45, 7) is 3.02. The van der Waals surface area contributed by atoms with Gasteiger partial charge in [0.15, 0.2) is 0 Å². The van der Waals surface area contributed by atoms with Gasteiger partial charge in [-0.25, -0.2) is 0 Å². The van der Waals surface area contributed by atoms with E-state index in [-0.39, 0.29) is 5.75 Å². The van der Waals surface area contributed by atoms with Gasteiger partial charge in [-0.05, 0) is 45.1 Å². The first-order valence-electron chi connectivity index (χ1n) is 6.93. The second kappa shape index (κ2) is 6.60. The van der Waals surface area contributed by atoms with Gasteiger partial charge in [-0.1, -0.05) is 30.2 Å². The van der Waals surface area contributed by atoms with Crippen molar-refractivity contribution in [3.05, 3.63) is 28.8 Å². The number of rotatable bonds is 4. The summed E-state index contributed by atoms with van der Waals surface area (Å²) < 4.78 is 0. The standard InChI is InChI=1S/C15H23ClN2O/c1-17(11-13-7-3-4-9-18(13)2)10-12-6-5-8-14(19)15(12)16/h5-6,8,13,19H,3-4,7,9-11H2,1-2H3. The van der Waals surface area contributed by atoms with Crippen LogP contribution in [0.4, 0.5) is 0 Å². The Labute approximate surface area is 120 Å². The highest BCUT2D eigenvalue weighted by atomic mass is 35.5. The third kappa shape index (κ3) is 3.85. The number of phenolic OH excluding ortho intramolecular Hbond substituents is 1. The molecule has 0 amide bonds. The normalized spacial score (nSPS) is 20.9. The average Bonchev–Trinajstić information content (AvgIpc) is 2.38. The molecular formula is C15H23ClN2O. The minimum Gasteiger partial charge on any atom is -0.506 e. The van der Waals surface area contributed by atoms with Crippen molar-refractivity contribution in [2.75, 3.05) is 27.2 Å². The van der Waals surface area contributed by atoms with E-state index in [0.717, 1.165) is 18.7 Å². The smallest absolute Gasteiger partial charge is 0.134 e. The number of hydrogen-bond donors (Lipinski definition) is 1. The fraction of sp³-hybridized carbons (Fsp3) is 0.600. The largest absolute Gasteiger partial charge is 0.506 e. The number of benzene rings is 1. The molecule has 0 radical (unpaired) electrons. The van der Waals surface area contributed by atoms with Crippen molar-refractivity contribution >= 4 is 11.6 Å². The van der Waals surface area contributed by atoms with Gasteiger partial charge in [0.1, 0.15) is 5.75 Å². The molecule has 19 heavy (non-hydrogen) atoms. The Hall–Kier alpha value is -0.770. The lowest BCUT2D eigenvalue weighted by Gasteiger charge is -2.35. The summed E-state index contributed by atoms with van der Waals surface area (Å²) in [5, 5.41) is 10.1. The molecule has 106 valence electrons. The maximum Gasteiger partial charge on any atom is 0.134 e. The van der Waals surface area contributed by atoms with Crippen LogP contribution in [-0.2, 0) is 6.54 Å². The summed E-state index contributed by atoms with van der Waals surface area (Å²) in [4.78, 5) is 4.73. The van der Waals surface area contributed by atoms with Gasteiger partial charge >= 0.3 is 0 Å². The molecule has 1 fully saturated rings. The molecule has 1 unspecified atom stereocenters. The van der Waals surface area contributed by atoms with Gasteiger partial charge < -0.3 is 14.9 Å². The molecule has 1 aromatic rings. The molecule has 4 heteroatoms. The lowest BCUT2D eigenvalue weighted by molar-refractivity contribution is 0.138. The molecule has 0 aliphatic carbocycles. The Kier molecular flexibility index (Phi) is 5.08. The summed E-state index contributed by atoms with van der Waals surface area (Å²) in [5.74, 6) is 0.169. The first-order valence-corrected chi connectivity index (χ1v) is 7.31. The highest BCUT2D eigenvalue weighted by molar-refractivity contribution is 6.32. The number of piperidine rings is 1. The van der Waals surface area contributed by atoms with Crippen molar-refractivity contribution in [1.29, 1.82) is 0 Å². The van der Waals surface area contributed by atoms with E-state index < -0.39 is 0 Å². The molecule has 1 aromatic carbocycles. The first kappa shape index (κ1) is 14.6. The highest BCUT2D eigenvalue weighted by Gasteiger charge is 2.20. The Bertz CT molecular complexity index is 425. The second-order valence-corrected chi connectivity index (χ2v) is 5.96. The monoisotopic (exact) mass is 282 g/mol. The maximum atomic E-state index is 9.62. The topological polar surface area (TPSA) is 26.7 Å². The number of hydrogen-bond acceptors (Lipinski definition) is 3. The number of likely N-dealkylation sites (tertiary alicyclic amines) is 1. The zero-order valence-electron chi connectivity index (χ0n) is 11.8. The van der Waals surface area contributed by atoms with Crippen LogP contribution in [0, 0.1) is 0 Å². The number of aromatic hydroxyl groups is 1. The summed E-state index contributed by atoms with van der Waals surface area (Å²) in [6, 6.07) is 6.08. The molecule has 1 saturated heterocycles. The van der Waals surface area contributed by atoms with Gasteiger partial charge in [0.05, 0.1) is 5.02 Å². The van der Waals surface area contributed by atoms with Crippen LogP contribution in [0.3, 0.4) is 0 Å². The summed E-state index contributed by atoms with van der Waals surface area (Å²) in [5.41, 5.74) is 0.989. The van der Waals surface area contributed by atoms with Gasteiger partial charge in [-0.2, -0.15) is 0 Å². The SMILES string of the molecule is CN(Cc1cccc(O)c1Cl)CC1CCCCN1C. The van der Waals surface area contributed by atoms with Gasteiger partial charge in [-0.15, -0.1) is 0 Å². The summed E-state index contributed by atoms with van der Waals surface area (Å²) >= 11 is 6.12. The van der Waals surface area contributed by atoms with E-state index in [0.29, 0.717) is 11.1 Å². The fourth-order valence-electron chi connectivity index (χ4n) is 2.78. The molecule has 0 aromatic heterocycles.